The second kappa shape index (κ2) is 5.63. The lowest BCUT2D eigenvalue weighted by atomic mass is 9.89. The number of hydrogen-bond donors (Lipinski definition) is 1. The Hall–Kier alpha value is -0.250. The van der Waals surface area contributed by atoms with E-state index >= 15 is 0 Å². The van der Waals surface area contributed by atoms with Crippen LogP contribution in [0.15, 0.2) is 22.7 Å². The molecule has 1 aliphatic heterocycles. The highest BCUT2D eigenvalue weighted by atomic mass is 79.9. The highest BCUT2D eigenvalue weighted by molar-refractivity contribution is 9.10. The van der Waals surface area contributed by atoms with Gasteiger partial charge in [-0.3, -0.25) is 0 Å². The third-order valence-electron chi connectivity index (χ3n) is 4.32. The molecule has 1 atom stereocenters. The van der Waals surface area contributed by atoms with Crippen LogP contribution in [0.2, 0.25) is 5.02 Å². The molecule has 1 spiro atoms. The zero-order valence-electron chi connectivity index (χ0n) is 10.9. The molecule has 1 saturated carbocycles. The average molecular weight is 345 g/mol. The molecule has 4 heteroatoms. The van der Waals surface area contributed by atoms with Crippen LogP contribution in [-0.2, 0) is 4.74 Å². The number of benzene rings is 1. The van der Waals surface area contributed by atoms with Crippen LogP contribution in [0.5, 0.6) is 0 Å². The molecule has 0 radical (unpaired) electrons. The number of halogens is 2. The van der Waals surface area contributed by atoms with Crippen molar-refractivity contribution in [1.82, 2.24) is 0 Å². The number of nitrogens with one attached hydrogen (secondary N) is 1. The van der Waals surface area contributed by atoms with Gasteiger partial charge in [0, 0.05) is 12.6 Å². The largest absolute Gasteiger partial charge is 0.381 e. The quantitative estimate of drug-likeness (QED) is 0.814. The number of hydrogen-bond acceptors (Lipinski definition) is 2. The number of anilines is 1. The second-order valence-corrected chi connectivity index (χ2v) is 6.87. The van der Waals surface area contributed by atoms with Gasteiger partial charge in [-0.25, -0.2) is 0 Å². The predicted molar refractivity (Wildman–Crippen MR) is 82.9 cm³/mol. The van der Waals surface area contributed by atoms with Crippen LogP contribution in [0.25, 0.3) is 0 Å². The van der Waals surface area contributed by atoms with Crippen molar-refractivity contribution in [3.63, 3.8) is 0 Å². The average Bonchev–Trinajstić information content (AvgIpc) is 2.83. The fourth-order valence-corrected chi connectivity index (χ4v) is 3.91. The molecule has 1 aromatic carbocycles. The molecule has 0 bridgehead atoms. The first-order chi connectivity index (χ1) is 9.19. The summed E-state index contributed by atoms with van der Waals surface area (Å²) in [4.78, 5) is 0. The van der Waals surface area contributed by atoms with Crippen molar-refractivity contribution < 1.29 is 4.74 Å². The van der Waals surface area contributed by atoms with E-state index in [1.807, 2.05) is 12.1 Å². The van der Waals surface area contributed by atoms with Gasteiger partial charge in [0.25, 0.3) is 0 Å². The summed E-state index contributed by atoms with van der Waals surface area (Å²) in [6.07, 6.45) is 7.26. The van der Waals surface area contributed by atoms with E-state index in [4.69, 9.17) is 16.3 Å². The van der Waals surface area contributed by atoms with Crippen LogP contribution in [0, 0.1) is 0 Å². The van der Waals surface area contributed by atoms with E-state index in [0.29, 0.717) is 6.04 Å². The first kappa shape index (κ1) is 13.7. The maximum Gasteiger partial charge on any atom is 0.0702 e. The van der Waals surface area contributed by atoms with Gasteiger partial charge in [-0.15, -0.1) is 0 Å². The van der Waals surface area contributed by atoms with Crippen molar-refractivity contribution in [2.45, 2.75) is 50.2 Å². The Morgan fingerprint density at radius 2 is 2.11 bits per heavy atom. The lowest BCUT2D eigenvalue weighted by molar-refractivity contribution is -0.0767. The molecule has 1 heterocycles. The fourth-order valence-electron chi connectivity index (χ4n) is 3.35. The molecule has 3 rings (SSSR count). The summed E-state index contributed by atoms with van der Waals surface area (Å²) in [5.74, 6) is 0. The Balaban J connectivity index is 1.71. The molecule has 1 saturated heterocycles. The van der Waals surface area contributed by atoms with Crippen molar-refractivity contribution in [3.05, 3.63) is 27.7 Å². The third-order valence-corrected chi connectivity index (χ3v) is 5.72. The van der Waals surface area contributed by atoms with Crippen molar-refractivity contribution in [3.8, 4) is 0 Å². The van der Waals surface area contributed by atoms with Crippen LogP contribution >= 0.6 is 27.5 Å². The van der Waals surface area contributed by atoms with Gasteiger partial charge in [-0.05, 0) is 53.7 Å². The maximum absolute atomic E-state index is 6.14. The van der Waals surface area contributed by atoms with Gasteiger partial charge in [0.05, 0.1) is 20.8 Å². The summed E-state index contributed by atoms with van der Waals surface area (Å²) >= 11 is 9.70. The lowest BCUT2D eigenvalue weighted by Crippen LogP contribution is -2.42. The van der Waals surface area contributed by atoms with Gasteiger partial charge in [0.2, 0.25) is 0 Å². The summed E-state index contributed by atoms with van der Waals surface area (Å²) in [6, 6.07) is 6.45. The molecule has 1 unspecified atom stereocenters. The Kier molecular flexibility index (Phi) is 4.06. The number of ether oxygens (including phenoxy) is 1. The topological polar surface area (TPSA) is 21.3 Å². The van der Waals surface area contributed by atoms with Gasteiger partial charge in [-0.2, -0.15) is 0 Å². The highest BCUT2D eigenvalue weighted by Crippen LogP contribution is 2.41. The smallest absolute Gasteiger partial charge is 0.0702 e. The zero-order valence-corrected chi connectivity index (χ0v) is 13.3. The van der Waals surface area contributed by atoms with E-state index in [9.17, 15) is 0 Å². The van der Waals surface area contributed by atoms with Crippen molar-refractivity contribution >= 4 is 33.2 Å². The van der Waals surface area contributed by atoms with Crippen molar-refractivity contribution in [2.75, 3.05) is 11.9 Å². The van der Waals surface area contributed by atoms with Crippen LogP contribution < -0.4 is 5.32 Å². The Labute approximate surface area is 128 Å². The molecular weight excluding hydrogens is 326 g/mol. The molecular formula is C15H19BrClNO. The summed E-state index contributed by atoms with van der Waals surface area (Å²) < 4.78 is 7.03. The zero-order chi connectivity index (χ0) is 13.3. The first-order valence-corrected chi connectivity index (χ1v) is 8.20. The summed E-state index contributed by atoms with van der Waals surface area (Å²) in [7, 11) is 0. The van der Waals surface area contributed by atoms with E-state index in [-0.39, 0.29) is 5.60 Å². The molecule has 1 aromatic rings. The van der Waals surface area contributed by atoms with E-state index in [2.05, 4.69) is 27.3 Å². The Morgan fingerprint density at radius 3 is 2.89 bits per heavy atom. The SMILES string of the molecule is Clc1cccc(NC2CCOC3(CCCC3)C2)c1Br. The first-order valence-electron chi connectivity index (χ1n) is 7.03. The molecule has 2 aliphatic rings. The molecule has 104 valence electrons. The van der Waals surface area contributed by atoms with Crippen molar-refractivity contribution in [2.24, 2.45) is 0 Å². The van der Waals surface area contributed by atoms with E-state index in [1.165, 1.54) is 25.7 Å². The maximum atomic E-state index is 6.14. The van der Waals surface area contributed by atoms with E-state index in [1.54, 1.807) is 0 Å². The summed E-state index contributed by atoms with van der Waals surface area (Å²) in [5.41, 5.74) is 1.24. The molecule has 1 N–H and O–H groups in total. The normalized spacial score (nSPS) is 25.7. The van der Waals surface area contributed by atoms with Crippen LogP contribution in [-0.4, -0.2) is 18.2 Å². The minimum atomic E-state index is 0.154. The third kappa shape index (κ3) is 2.93. The molecule has 19 heavy (non-hydrogen) atoms. The molecule has 2 fully saturated rings. The summed E-state index contributed by atoms with van der Waals surface area (Å²) in [6.45, 7) is 0.871. The predicted octanol–water partition coefficient (Wildman–Crippen LogP) is 5.01. The van der Waals surface area contributed by atoms with Crippen LogP contribution in [0.4, 0.5) is 5.69 Å². The molecule has 1 aliphatic carbocycles. The van der Waals surface area contributed by atoms with E-state index in [0.717, 1.165) is 34.6 Å². The standard InChI is InChI=1S/C15H19BrClNO/c16-14-12(17)4-3-5-13(14)18-11-6-9-19-15(10-11)7-1-2-8-15/h3-5,11,18H,1-2,6-10H2. The Morgan fingerprint density at radius 1 is 1.32 bits per heavy atom. The molecule has 2 nitrogen and oxygen atoms in total. The lowest BCUT2D eigenvalue weighted by Gasteiger charge is -2.39. The van der Waals surface area contributed by atoms with E-state index < -0.39 is 0 Å². The van der Waals surface area contributed by atoms with Gasteiger partial charge >= 0.3 is 0 Å². The minimum Gasteiger partial charge on any atom is -0.381 e. The van der Waals surface area contributed by atoms with Gasteiger partial charge in [0.1, 0.15) is 0 Å². The van der Waals surface area contributed by atoms with Gasteiger partial charge in [-0.1, -0.05) is 30.5 Å². The summed E-state index contributed by atoms with van der Waals surface area (Å²) in [5, 5.41) is 4.39. The van der Waals surface area contributed by atoms with Crippen LogP contribution in [0.3, 0.4) is 0 Å². The van der Waals surface area contributed by atoms with Crippen LogP contribution in [0.1, 0.15) is 38.5 Å². The number of rotatable bonds is 2. The Bertz CT molecular complexity index is 459. The van der Waals surface area contributed by atoms with Crippen molar-refractivity contribution in [1.29, 1.82) is 0 Å². The monoisotopic (exact) mass is 343 g/mol. The van der Waals surface area contributed by atoms with Gasteiger partial charge < -0.3 is 10.1 Å². The van der Waals surface area contributed by atoms with Gasteiger partial charge in [0.15, 0.2) is 0 Å². The molecule has 0 amide bonds. The minimum absolute atomic E-state index is 0.154. The highest BCUT2D eigenvalue weighted by Gasteiger charge is 2.39. The second-order valence-electron chi connectivity index (χ2n) is 5.67. The fraction of sp³-hybridized carbons (Fsp3) is 0.600. The molecule has 0 aromatic heterocycles.